The minimum Gasteiger partial charge on any atom is -0.495 e. The predicted octanol–water partition coefficient (Wildman–Crippen LogP) is 4.47. The van der Waals surface area contributed by atoms with Gasteiger partial charge >= 0.3 is 6.18 Å². The van der Waals surface area contributed by atoms with Crippen molar-refractivity contribution in [3.8, 4) is 5.75 Å². The second-order valence-electron chi connectivity index (χ2n) is 6.89. The molecule has 0 saturated heterocycles. The van der Waals surface area contributed by atoms with Crippen molar-refractivity contribution in [2.45, 2.75) is 44.8 Å². The van der Waals surface area contributed by atoms with Crippen LogP contribution in [0, 0.1) is 6.92 Å². The molecule has 0 atom stereocenters. The highest BCUT2D eigenvalue weighted by Gasteiger charge is 2.37. The van der Waals surface area contributed by atoms with Gasteiger partial charge in [-0.25, -0.2) is 0 Å². The number of halogens is 3. The van der Waals surface area contributed by atoms with E-state index in [-0.39, 0.29) is 5.92 Å². The molecule has 1 aromatic carbocycles. The number of thiocarbonyl (C=S) groups is 1. The van der Waals surface area contributed by atoms with Gasteiger partial charge in [-0.05, 0) is 62.2 Å². The molecule has 2 aromatic rings. The summed E-state index contributed by atoms with van der Waals surface area (Å²) in [6.45, 7) is 2.90. The van der Waals surface area contributed by atoms with Crippen LogP contribution in [0.15, 0.2) is 24.3 Å². The summed E-state index contributed by atoms with van der Waals surface area (Å²) in [4.78, 5) is 0. The molecule has 152 valence electrons. The maximum atomic E-state index is 12.9. The van der Waals surface area contributed by atoms with Gasteiger partial charge in [-0.15, -0.1) is 0 Å². The lowest BCUT2D eigenvalue weighted by Crippen LogP contribution is -2.30. The third-order valence-corrected chi connectivity index (χ3v) is 4.78. The molecule has 1 heterocycles. The molecule has 1 aliphatic rings. The first-order valence-electron chi connectivity index (χ1n) is 9.12. The fourth-order valence-corrected chi connectivity index (χ4v) is 3.19. The van der Waals surface area contributed by atoms with E-state index >= 15 is 0 Å². The van der Waals surface area contributed by atoms with Gasteiger partial charge in [0.05, 0.1) is 12.8 Å². The molecule has 0 unspecified atom stereocenters. The number of rotatable bonds is 7. The van der Waals surface area contributed by atoms with Crippen molar-refractivity contribution in [2.75, 3.05) is 19.0 Å². The van der Waals surface area contributed by atoms with E-state index < -0.39 is 11.9 Å². The Hall–Kier alpha value is -2.29. The molecule has 1 aromatic heterocycles. The van der Waals surface area contributed by atoms with Crippen molar-refractivity contribution in [1.29, 1.82) is 0 Å². The number of hydrogen-bond donors (Lipinski definition) is 2. The van der Waals surface area contributed by atoms with E-state index in [1.54, 1.807) is 7.11 Å². The molecule has 1 aliphatic carbocycles. The normalized spacial score (nSPS) is 14.0. The van der Waals surface area contributed by atoms with Gasteiger partial charge in [-0.1, -0.05) is 6.07 Å². The van der Waals surface area contributed by atoms with Gasteiger partial charge in [0.1, 0.15) is 5.75 Å². The summed E-state index contributed by atoms with van der Waals surface area (Å²) < 4.78 is 45.6. The summed E-state index contributed by atoms with van der Waals surface area (Å²) in [5, 5.41) is 10.4. The van der Waals surface area contributed by atoms with Crippen LogP contribution in [0.3, 0.4) is 0 Å². The third-order valence-electron chi connectivity index (χ3n) is 4.53. The molecule has 0 aliphatic heterocycles. The van der Waals surface area contributed by atoms with Crippen molar-refractivity contribution < 1.29 is 17.9 Å². The lowest BCUT2D eigenvalue weighted by molar-refractivity contribution is -0.141. The summed E-state index contributed by atoms with van der Waals surface area (Å²) in [5.74, 6) is 0.883. The van der Waals surface area contributed by atoms with E-state index in [2.05, 4.69) is 15.7 Å². The number of aromatic nitrogens is 2. The summed E-state index contributed by atoms with van der Waals surface area (Å²) in [6.07, 6.45) is -1.96. The maximum Gasteiger partial charge on any atom is 0.435 e. The molecule has 1 fully saturated rings. The maximum absolute atomic E-state index is 12.9. The Bertz CT molecular complexity index is 846. The number of aryl methyl sites for hydroxylation is 2. The number of alkyl halides is 3. The molecule has 0 radical (unpaired) electrons. The lowest BCUT2D eigenvalue weighted by Gasteiger charge is -2.14. The first-order chi connectivity index (χ1) is 13.3. The molecule has 3 rings (SSSR count). The van der Waals surface area contributed by atoms with Crippen molar-refractivity contribution in [2.24, 2.45) is 0 Å². The summed E-state index contributed by atoms with van der Waals surface area (Å²) >= 11 is 5.30. The Kier molecular flexibility index (Phi) is 6.12. The Balaban J connectivity index is 1.51. The van der Waals surface area contributed by atoms with Crippen LogP contribution in [0.25, 0.3) is 0 Å². The van der Waals surface area contributed by atoms with E-state index in [0.29, 0.717) is 36.1 Å². The summed E-state index contributed by atoms with van der Waals surface area (Å²) in [5.41, 5.74) is 1.69. The highest BCUT2D eigenvalue weighted by Crippen LogP contribution is 2.42. The summed E-state index contributed by atoms with van der Waals surface area (Å²) in [7, 11) is 1.59. The number of hydrogen-bond acceptors (Lipinski definition) is 3. The lowest BCUT2D eigenvalue weighted by atomic mass is 10.2. The minimum atomic E-state index is -4.41. The molecule has 0 bridgehead atoms. The van der Waals surface area contributed by atoms with Gasteiger partial charge in [-0.2, -0.15) is 18.3 Å². The SMILES string of the molecule is COc1ccc(C)cc1NC(=S)NCCCn1nc(C(F)(F)F)cc1C1CC1. The number of methoxy groups -OCH3 is 1. The number of ether oxygens (including phenoxy) is 1. The van der Waals surface area contributed by atoms with E-state index in [0.717, 1.165) is 24.1 Å². The van der Waals surface area contributed by atoms with Gasteiger partial charge in [-0.3, -0.25) is 4.68 Å². The van der Waals surface area contributed by atoms with Gasteiger partial charge in [0.25, 0.3) is 0 Å². The second kappa shape index (κ2) is 8.38. The van der Waals surface area contributed by atoms with Crippen LogP contribution in [0.2, 0.25) is 0 Å². The van der Waals surface area contributed by atoms with Crippen LogP contribution >= 0.6 is 12.2 Å². The molecule has 2 N–H and O–H groups in total. The number of anilines is 1. The van der Waals surface area contributed by atoms with Crippen LogP contribution in [-0.4, -0.2) is 28.5 Å². The molecule has 28 heavy (non-hydrogen) atoms. The fourth-order valence-electron chi connectivity index (χ4n) is 2.97. The van der Waals surface area contributed by atoms with Crippen LogP contribution < -0.4 is 15.4 Å². The number of benzene rings is 1. The highest BCUT2D eigenvalue weighted by molar-refractivity contribution is 7.80. The quantitative estimate of drug-likeness (QED) is 0.519. The fraction of sp³-hybridized carbons (Fsp3) is 0.474. The third kappa shape index (κ3) is 5.15. The van der Waals surface area contributed by atoms with Crippen LogP contribution in [-0.2, 0) is 12.7 Å². The second-order valence-corrected chi connectivity index (χ2v) is 7.30. The van der Waals surface area contributed by atoms with Crippen molar-refractivity contribution in [3.63, 3.8) is 0 Å². The molecule has 0 amide bonds. The summed E-state index contributed by atoms with van der Waals surface area (Å²) in [6, 6.07) is 6.91. The Morgan fingerprint density at radius 1 is 1.32 bits per heavy atom. The van der Waals surface area contributed by atoms with Crippen molar-refractivity contribution >= 4 is 23.0 Å². The smallest absolute Gasteiger partial charge is 0.435 e. The average Bonchev–Trinajstić information content (AvgIpc) is 3.37. The largest absolute Gasteiger partial charge is 0.495 e. The van der Waals surface area contributed by atoms with Gasteiger partial charge in [0.15, 0.2) is 10.8 Å². The average molecular weight is 412 g/mol. The Morgan fingerprint density at radius 2 is 2.07 bits per heavy atom. The topological polar surface area (TPSA) is 51.1 Å². The predicted molar refractivity (Wildman–Crippen MR) is 106 cm³/mol. The standard InChI is InChI=1S/C19H23F3N4OS/c1-12-4-7-16(27-2)14(10-12)24-18(28)23-8-3-9-26-15(13-5-6-13)11-17(25-26)19(20,21)22/h4,7,10-11,13H,3,5-6,8-9H2,1-2H3,(H2,23,24,28). The first kappa shape index (κ1) is 20.4. The molecule has 0 spiro atoms. The van der Waals surface area contributed by atoms with Gasteiger partial charge in [0.2, 0.25) is 0 Å². The highest BCUT2D eigenvalue weighted by atomic mass is 32.1. The van der Waals surface area contributed by atoms with Crippen LogP contribution in [0.1, 0.15) is 42.1 Å². The first-order valence-corrected chi connectivity index (χ1v) is 9.53. The molecular weight excluding hydrogens is 389 g/mol. The molecule has 9 heteroatoms. The Morgan fingerprint density at radius 3 is 2.71 bits per heavy atom. The van der Waals surface area contributed by atoms with Crippen molar-refractivity contribution in [1.82, 2.24) is 15.1 Å². The van der Waals surface area contributed by atoms with Gasteiger partial charge < -0.3 is 15.4 Å². The van der Waals surface area contributed by atoms with Crippen LogP contribution in [0.5, 0.6) is 5.75 Å². The van der Waals surface area contributed by atoms with Crippen LogP contribution in [0.4, 0.5) is 18.9 Å². The van der Waals surface area contributed by atoms with E-state index in [4.69, 9.17) is 17.0 Å². The monoisotopic (exact) mass is 412 g/mol. The zero-order valence-electron chi connectivity index (χ0n) is 15.8. The minimum absolute atomic E-state index is 0.202. The van der Waals surface area contributed by atoms with E-state index in [1.807, 2.05) is 25.1 Å². The number of nitrogens with one attached hydrogen (secondary N) is 2. The molecular formula is C19H23F3N4OS. The van der Waals surface area contributed by atoms with Crippen molar-refractivity contribution in [3.05, 3.63) is 41.2 Å². The van der Waals surface area contributed by atoms with E-state index in [1.165, 1.54) is 10.7 Å². The zero-order chi connectivity index (χ0) is 20.3. The van der Waals surface area contributed by atoms with Gasteiger partial charge in [0, 0.05) is 24.7 Å². The molecule has 1 saturated carbocycles. The number of nitrogens with zero attached hydrogens (tertiary/aromatic N) is 2. The zero-order valence-corrected chi connectivity index (χ0v) is 16.6. The molecule has 5 nitrogen and oxygen atoms in total. The Labute approximate surface area is 167 Å². The van der Waals surface area contributed by atoms with E-state index in [9.17, 15) is 13.2 Å².